The van der Waals surface area contributed by atoms with Crippen molar-refractivity contribution in [3.63, 3.8) is 0 Å². The fraction of sp³-hybridized carbons (Fsp3) is 0.818. The summed E-state index contributed by atoms with van der Waals surface area (Å²) in [7, 11) is 0. The van der Waals surface area contributed by atoms with E-state index in [0.717, 1.165) is 24.7 Å². The molecule has 2 atom stereocenters. The number of hydrogen-bond acceptors (Lipinski definition) is 5. The van der Waals surface area contributed by atoms with Gasteiger partial charge in [-0.15, -0.1) is 11.8 Å². The molecular weight excluding hydrogens is 252 g/mol. The van der Waals surface area contributed by atoms with Gasteiger partial charge in [0.25, 0.3) is 0 Å². The van der Waals surface area contributed by atoms with E-state index in [2.05, 4.69) is 5.32 Å². The molecule has 3 N–H and O–H groups in total. The summed E-state index contributed by atoms with van der Waals surface area (Å²) < 4.78 is 0. The van der Waals surface area contributed by atoms with Gasteiger partial charge in [-0.3, -0.25) is 19.8 Å². The zero-order valence-electron chi connectivity index (χ0n) is 10.6. The maximum Gasteiger partial charge on any atom is 0.240 e. The minimum absolute atomic E-state index is 0.0323. The molecule has 0 saturated carbocycles. The van der Waals surface area contributed by atoms with Gasteiger partial charge in [-0.2, -0.15) is 0 Å². The number of nitrogens with one attached hydrogen (secondary N) is 1. The molecule has 2 saturated heterocycles. The monoisotopic (exact) mass is 272 g/mol. The molecule has 2 unspecified atom stereocenters. The molecule has 18 heavy (non-hydrogen) atoms. The Morgan fingerprint density at radius 2 is 2.00 bits per heavy atom. The normalized spacial score (nSPS) is 27.2. The average Bonchev–Trinajstić information content (AvgIpc) is 2.91. The predicted molar refractivity (Wildman–Crippen MR) is 71.1 cm³/mol. The number of nitrogens with zero attached hydrogens (tertiary/aromatic N) is 2. The molecule has 2 aliphatic heterocycles. The highest BCUT2D eigenvalue weighted by molar-refractivity contribution is 7.99. The lowest BCUT2D eigenvalue weighted by Crippen LogP contribution is -2.56. The van der Waals surface area contributed by atoms with E-state index in [4.69, 9.17) is 5.73 Å². The molecule has 2 heterocycles. The first-order valence-corrected chi connectivity index (χ1v) is 7.38. The Labute approximate surface area is 111 Å². The van der Waals surface area contributed by atoms with Gasteiger partial charge in [0.05, 0.1) is 12.1 Å². The number of thioether (sulfide) groups is 1. The summed E-state index contributed by atoms with van der Waals surface area (Å²) in [6.07, 6.45) is 0. The molecule has 2 amide bonds. The summed E-state index contributed by atoms with van der Waals surface area (Å²) >= 11 is 1.75. The van der Waals surface area contributed by atoms with Crippen molar-refractivity contribution in [1.82, 2.24) is 15.1 Å². The zero-order valence-corrected chi connectivity index (χ0v) is 11.4. The maximum absolute atomic E-state index is 12.2. The Balaban J connectivity index is 1.82. The van der Waals surface area contributed by atoms with E-state index < -0.39 is 0 Å². The minimum Gasteiger partial charge on any atom is -0.368 e. The summed E-state index contributed by atoms with van der Waals surface area (Å²) in [5, 5.41) is 3.19. The van der Waals surface area contributed by atoms with E-state index in [1.807, 2.05) is 16.7 Å². The van der Waals surface area contributed by atoms with Crippen LogP contribution in [0.15, 0.2) is 0 Å². The van der Waals surface area contributed by atoms with Gasteiger partial charge in [-0.05, 0) is 6.92 Å². The van der Waals surface area contributed by atoms with Crippen molar-refractivity contribution in [3.8, 4) is 0 Å². The van der Waals surface area contributed by atoms with Crippen molar-refractivity contribution in [2.45, 2.75) is 19.0 Å². The van der Waals surface area contributed by atoms with Crippen LogP contribution in [-0.2, 0) is 9.59 Å². The molecule has 2 rings (SSSR count). The zero-order chi connectivity index (χ0) is 13.1. The molecule has 0 bridgehead atoms. The van der Waals surface area contributed by atoms with E-state index >= 15 is 0 Å². The molecule has 0 aliphatic carbocycles. The molecule has 7 heteroatoms. The summed E-state index contributed by atoms with van der Waals surface area (Å²) in [5.74, 6) is 1.60. The SMILES string of the molecule is CC(C(N)=O)N1CCN(C(=O)C2CSCN2)CC1. The third kappa shape index (κ3) is 2.96. The molecule has 6 nitrogen and oxygen atoms in total. The van der Waals surface area contributed by atoms with E-state index in [9.17, 15) is 9.59 Å². The van der Waals surface area contributed by atoms with Crippen LogP contribution >= 0.6 is 11.8 Å². The first-order chi connectivity index (χ1) is 8.59. The summed E-state index contributed by atoms with van der Waals surface area (Å²) in [6, 6.07) is -0.280. The molecule has 0 aromatic carbocycles. The number of hydrogen-bond donors (Lipinski definition) is 2. The van der Waals surface area contributed by atoms with Crippen LogP contribution < -0.4 is 11.1 Å². The lowest BCUT2D eigenvalue weighted by Gasteiger charge is -2.37. The van der Waals surface area contributed by atoms with Crippen molar-refractivity contribution in [1.29, 1.82) is 0 Å². The van der Waals surface area contributed by atoms with Gasteiger partial charge in [-0.1, -0.05) is 0 Å². The average molecular weight is 272 g/mol. The first-order valence-electron chi connectivity index (χ1n) is 6.23. The molecule has 0 radical (unpaired) electrons. The van der Waals surface area contributed by atoms with Gasteiger partial charge in [0.1, 0.15) is 0 Å². The van der Waals surface area contributed by atoms with Crippen LogP contribution in [0.5, 0.6) is 0 Å². The first kappa shape index (κ1) is 13.6. The highest BCUT2D eigenvalue weighted by Crippen LogP contribution is 2.14. The molecule has 0 spiro atoms. The van der Waals surface area contributed by atoms with Crippen LogP contribution in [0, 0.1) is 0 Å². The number of piperazine rings is 1. The van der Waals surface area contributed by atoms with Crippen molar-refractivity contribution in [3.05, 3.63) is 0 Å². The Morgan fingerprint density at radius 1 is 1.33 bits per heavy atom. The second kappa shape index (κ2) is 5.90. The van der Waals surface area contributed by atoms with Crippen LogP contribution in [0.3, 0.4) is 0 Å². The van der Waals surface area contributed by atoms with E-state index in [0.29, 0.717) is 13.1 Å². The second-order valence-corrected chi connectivity index (χ2v) is 5.74. The highest BCUT2D eigenvalue weighted by Gasteiger charge is 2.31. The van der Waals surface area contributed by atoms with Gasteiger partial charge in [0.2, 0.25) is 11.8 Å². The summed E-state index contributed by atoms with van der Waals surface area (Å²) in [5.41, 5.74) is 5.29. The Bertz CT molecular complexity index is 325. The van der Waals surface area contributed by atoms with Gasteiger partial charge >= 0.3 is 0 Å². The quantitative estimate of drug-likeness (QED) is 0.665. The lowest BCUT2D eigenvalue weighted by atomic mass is 10.2. The fourth-order valence-corrected chi connectivity index (χ4v) is 3.22. The third-order valence-electron chi connectivity index (χ3n) is 3.60. The molecular formula is C11H20N4O2S. The van der Waals surface area contributed by atoms with Gasteiger partial charge in [0, 0.05) is 37.8 Å². The van der Waals surface area contributed by atoms with Crippen LogP contribution in [0.4, 0.5) is 0 Å². The van der Waals surface area contributed by atoms with Crippen LogP contribution in [0.2, 0.25) is 0 Å². The second-order valence-electron chi connectivity index (χ2n) is 4.71. The van der Waals surface area contributed by atoms with E-state index in [-0.39, 0.29) is 23.9 Å². The summed E-state index contributed by atoms with van der Waals surface area (Å²) in [4.78, 5) is 27.2. The molecule has 102 valence electrons. The van der Waals surface area contributed by atoms with Crippen molar-refractivity contribution < 1.29 is 9.59 Å². The number of rotatable bonds is 3. The topological polar surface area (TPSA) is 78.7 Å². The Kier molecular flexibility index (Phi) is 4.47. The number of carbonyl (C=O) groups excluding carboxylic acids is 2. The smallest absolute Gasteiger partial charge is 0.240 e. The third-order valence-corrected chi connectivity index (χ3v) is 4.54. The van der Waals surface area contributed by atoms with Gasteiger partial charge < -0.3 is 10.6 Å². The van der Waals surface area contributed by atoms with E-state index in [1.165, 1.54) is 0 Å². The number of carbonyl (C=O) groups is 2. The standard InChI is InChI=1S/C11H20N4O2S/c1-8(10(12)16)14-2-4-15(5-3-14)11(17)9-6-18-7-13-9/h8-9,13H,2-7H2,1H3,(H2,12,16). The number of nitrogens with two attached hydrogens (primary N) is 1. The van der Waals surface area contributed by atoms with Gasteiger partial charge in [-0.25, -0.2) is 0 Å². The molecule has 2 aliphatic rings. The Morgan fingerprint density at radius 3 is 2.50 bits per heavy atom. The van der Waals surface area contributed by atoms with E-state index in [1.54, 1.807) is 11.8 Å². The maximum atomic E-state index is 12.2. The molecule has 2 fully saturated rings. The van der Waals surface area contributed by atoms with Crippen molar-refractivity contribution >= 4 is 23.6 Å². The highest BCUT2D eigenvalue weighted by atomic mass is 32.2. The van der Waals surface area contributed by atoms with Gasteiger partial charge in [0.15, 0.2) is 0 Å². The molecule has 0 aromatic heterocycles. The van der Waals surface area contributed by atoms with Crippen LogP contribution in [0.1, 0.15) is 6.92 Å². The number of primary amides is 1. The Hall–Kier alpha value is -0.790. The summed E-state index contributed by atoms with van der Waals surface area (Å²) in [6.45, 7) is 4.61. The molecule has 0 aromatic rings. The van der Waals surface area contributed by atoms with Crippen LogP contribution in [-0.4, -0.2) is 71.5 Å². The number of amides is 2. The van der Waals surface area contributed by atoms with Crippen molar-refractivity contribution in [2.75, 3.05) is 37.8 Å². The fourth-order valence-electron chi connectivity index (χ4n) is 2.28. The predicted octanol–water partition coefficient (Wildman–Crippen LogP) is -1.33. The van der Waals surface area contributed by atoms with Crippen molar-refractivity contribution in [2.24, 2.45) is 5.73 Å². The van der Waals surface area contributed by atoms with Crippen LogP contribution in [0.25, 0.3) is 0 Å². The minimum atomic E-state index is -0.302. The lowest BCUT2D eigenvalue weighted by molar-refractivity contribution is -0.135. The largest absolute Gasteiger partial charge is 0.368 e.